The lowest BCUT2D eigenvalue weighted by Crippen LogP contribution is -2.30. The Bertz CT molecular complexity index is 975. The van der Waals surface area contributed by atoms with E-state index in [2.05, 4.69) is 17.9 Å². The van der Waals surface area contributed by atoms with E-state index in [1.807, 2.05) is 19.9 Å². The zero-order valence-electron chi connectivity index (χ0n) is 19.6. The number of ether oxygens (including phenoxy) is 3. The van der Waals surface area contributed by atoms with Crippen LogP contribution in [0.1, 0.15) is 49.2 Å². The van der Waals surface area contributed by atoms with Gasteiger partial charge >= 0.3 is 12.1 Å². The van der Waals surface area contributed by atoms with Crippen molar-refractivity contribution in [2.45, 2.75) is 33.3 Å². The van der Waals surface area contributed by atoms with Gasteiger partial charge in [0.2, 0.25) is 0 Å². The normalized spacial score (nSPS) is 11.9. The number of ketones is 1. The maximum absolute atomic E-state index is 12.8. The minimum Gasteiger partial charge on any atom is -0.491 e. The van der Waals surface area contributed by atoms with Gasteiger partial charge in [-0.1, -0.05) is 26.0 Å². The van der Waals surface area contributed by atoms with Crippen LogP contribution in [0.3, 0.4) is 0 Å². The van der Waals surface area contributed by atoms with Gasteiger partial charge in [-0.15, -0.1) is 0 Å². The SMILES string of the molecule is CC(=O)c1ccc(NC(=O)O[C@@H](c2cccc(OCCO)c2)C(C)(C)CCOC(=O)CS)cc1. The largest absolute Gasteiger partial charge is 0.491 e. The van der Waals surface area contributed by atoms with Gasteiger partial charge in [-0.25, -0.2) is 4.79 Å². The van der Waals surface area contributed by atoms with Crippen LogP contribution in [0, 0.1) is 5.41 Å². The lowest BCUT2D eigenvalue weighted by Gasteiger charge is -2.34. The van der Waals surface area contributed by atoms with Crippen LogP contribution in [0.2, 0.25) is 0 Å². The smallest absolute Gasteiger partial charge is 0.412 e. The van der Waals surface area contributed by atoms with Crippen molar-refractivity contribution in [3.63, 3.8) is 0 Å². The number of nitrogens with one attached hydrogen (secondary N) is 1. The Morgan fingerprint density at radius 2 is 1.79 bits per heavy atom. The standard InChI is InChI=1S/C25H31NO7S/c1-17(28)18-7-9-20(10-8-18)26-24(30)33-23(25(2,3)11-13-32-22(29)16-34)19-5-4-6-21(15-19)31-14-12-27/h4-10,15,23,27,34H,11-14,16H2,1-3H3,(H,26,30)/t23-/m0/s1. The fraction of sp³-hybridized carbons (Fsp3) is 0.400. The lowest BCUT2D eigenvalue weighted by molar-refractivity contribution is -0.141. The van der Waals surface area contributed by atoms with Crippen molar-refractivity contribution in [2.75, 3.05) is 30.9 Å². The lowest BCUT2D eigenvalue weighted by atomic mass is 9.80. The Morgan fingerprint density at radius 3 is 2.41 bits per heavy atom. The van der Waals surface area contributed by atoms with Gasteiger partial charge in [-0.3, -0.25) is 14.9 Å². The van der Waals surface area contributed by atoms with Crippen LogP contribution in [0.4, 0.5) is 10.5 Å². The molecule has 0 aliphatic rings. The van der Waals surface area contributed by atoms with Crippen LogP contribution in [-0.4, -0.2) is 48.5 Å². The molecule has 2 N–H and O–H groups in total. The first kappa shape index (κ1) is 27.2. The Hall–Kier alpha value is -3.04. The summed E-state index contributed by atoms with van der Waals surface area (Å²) >= 11 is 3.91. The minimum absolute atomic E-state index is 0.0184. The van der Waals surface area contributed by atoms with Gasteiger partial charge in [0.15, 0.2) is 5.78 Å². The first-order valence-corrected chi connectivity index (χ1v) is 11.5. The van der Waals surface area contributed by atoms with Gasteiger partial charge in [-0.05, 0) is 55.3 Å². The molecule has 0 aromatic heterocycles. The number of aliphatic hydroxyl groups excluding tert-OH is 1. The van der Waals surface area contributed by atoms with E-state index < -0.39 is 23.6 Å². The second kappa shape index (κ2) is 13.0. The van der Waals surface area contributed by atoms with Crippen LogP contribution < -0.4 is 10.1 Å². The number of hydrogen-bond donors (Lipinski definition) is 3. The Labute approximate surface area is 205 Å². The van der Waals surface area contributed by atoms with E-state index in [0.717, 1.165) is 0 Å². The molecule has 8 nitrogen and oxygen atoms in total. The molecule has 0 bridgehead atoms. The summed E-state index contributed by atoms with van der Waals surface area (Å²) in [4.78, 5) is 35.7. The molecule has 0 aliphatic heterocycles. The number of anilines is 1. The van der Waals surface area contributed by atoms with Crippen molar-refractivity contribution < 1.29 is 33.7 Å². The average Bonchev–Trinajstić information content (AvgIpc) is 2.81. The van der Waals surface area contributed by atoms with E-state index in [1.165, 1.54) is 6.92 Å². The highest BCUT2D eigenvalue weighted by Gasteiger charge is 2.35. The van der Waals surface area contributed by atoms with Gasteiger partial charge in [0, 0.05) is 16.7 Å². The number of benzene rings is 2. The monoisotopic (exact) mass is 489 g/mol. The van der Waals surface area contributed by atoms with E-state index in [1.54, 1.807) is 42.5 Å². The molecule has 0 saturated carbocycles. The van der Waals surface area contributed by atoms with Gasteiger partial charge < -0.3 is 19.3 Å². The highest BCUT2D eigenvalue weighted by atomic mass is 32.1. The molecule has 1 amide bonds. The van der Waals surface area contributed by atoms with Gasteiger partial charge in [-0.2, -0.15) is 12.6 Å². The number of hydrogen-bond acceptors (Lipinski definition) is 8. The topological polar surface area (TPSA) is 111 Å². The van der Waals surface area contributed by atoms with Crippen LogP contribution in [0.15, 0.2) is 48.5 Å². The first-order chi connectivity index (χ1) is 16.2. The number of thiol groups is 1. The Morgan fingerprint density at radius 1 is 1.09 bits per heavy atom. The second-order valence-corrected chi connectivity index (χ2v) is 8.62. The maximum Gasteiger partial charge on any atom is 0.412 e. The minimum atomic E-state index is -0.712. The number of Topliss-reactive ketones (excluding diaryl/α,β-unsaturated/α-hetero) is 1. The summed E-state index contributed by atoms with van der Waals surface area (Å²) in [5, 5.41) is 11.7. The maximum atomic E-state index is 12.8. The van der Waals surface area contributed by atoms with E-state index in [4.69, 9.17) is 19.3 Å². The highest BCUT2D eigenvalue weighted by molar-refractivity contribution is 7.81. The van der Waals surface area contributed by atoms with E-state index in [0.29, 0.717) is 29.0 Å². The zero-order valence-corrected chi connectivity index (χ0v) is 20.5. The summed E-state index contributed by atoms with van der Waals surface area (Å²) in [7, 11) is 0. The van der Waals surface area contributed by atoms with E-state index >= 15 is 0 Å². The molecule has 2 aromatic rings. The fourth-order valence-electron chi connectivity index (χ4n) is 3.26. The average molecular weight is 490 g/mol. The molecule has 1 atom stereocenters. The van der Waals surface area contributed by atoms with Crippen LogP contribution in [0.5, 0.6) is 5.75 Å². The Kier molecular flexibility index (Phi) is 10.4. The number of amides is 1. The second-order valence-electron chi connectivity index (χ2n) is 8.31. The van der Waals surface area contributed by atoms with E-state index in [9.17, 15) is 14.4 Å². The molecule has 0 radical (unpaired) electrons. The number of carbonyl (C=O) groups is 3. The summed E-state index contributed by atoms with van der Waals surface area (Å²) in [6, 6.07) is 13.6. The Balaban J connectivity index is 2.22. The fourth-order valence-corrected chi connectivity index (χ4v) is 3.35. The van der Waals surface area contributed by atoms with Crippen molar-refractivity contribution >= 4 is 36.2 Å². The molecule has 0 unspecified atom stereocenters. The zero-order chi connectivity index (χ0) is 25.1. The first-order valence-electron chi connectivity index (χ1n) is 10.8. The van der Waals surface area contributed by atoms with Gasteiger partial charge in [0.25, 0.3) is 0 Å². The molecule has 2 aromatic carbocycles. The molecule has 9 heteroatoms. The van der Waals surface area contributed by atoms with Crippen LogP contribution in [0.25, 0.3) is 0 Å². The molecule has 2 rings (SSSR count). The molecule has 0 spiro atoms. The van der Waals surface area contributed by atoms with Crippen molar-refractivity contribution in [3.05, 3.63) is 59.7 Å². The third-order valence-electron chi connectivity index (χ3n) is 5.13. The van der Waals surface area contributed by atoms with Crippen LogP contribution in [-0.2, 0) is 14.3 Å². The van der Waals surface area contributed by atoms with Crippen molar-refractivity contribution in [1.29, 1.82) is 0 Å². The third-order valence-corrected chi connectivity index (χ3v) is 5.39. The van der Waals surface area contributed by atoms with Crippen LogP contribution >= 0.6 is 12.6 Å². The quantitative estimate of drug-likeness (QED) is 0.230. The molecule has 184 valence electrons. The molecular formula is C25H31NO7S. The summed E-state index contributed by atoms with van der Waals surface area (Å²) in [6.45, 7) is 5.42. The summed E-state index contributed by atoms with van der Waals surface area (Å²) in [5.41, 5.74) is 1.08. The van der Waals surface area contributed by atoms with Crippen molar-refractivity contribution in [2.24, 2.45) is 5.41 Å². The number of esters is 1. The summed E-state index contributed by atoms with van der Waals surface area (Å²) in [6.07, 6.45) is -0.974. The molecule has 0 heterocycles. The number of carbonyl (C=O) groups excluding carboxylic acids is 3. The third kappa shape index (κ3) is 8.39. The van der Waals surface area contributed by atoms with Gasteiger partial charge in [0.1, 0.15) is 18.5 Å². The predicted molar refractivity (Wildman–Crippen MR) is 132 cm³/mol. The highest BCUT2D eigenvalue weighted by Crippen LogP contribution is 2.40. The molecule has 34 heavy (non-hydrogen) atoms. The molecular weight excluding hydrogens is 458 g/mol. The summed E-state index contributed by atoms with van der Waals surface area (Å²) in [5.74, 6) is 0.00777. The predicted octanol–water partition coefficient (Wildman–Crippen LogP) is 4.44. The van der Waals surface area contributed by atoms with Crippen molar-refractivity contribution in [3.8, 4) is 5.75 Å². The molecule has 0 saturated heterocycles. The summed E-state index contributed by atoms with van der Waals surface area (Å²) < 4.78 is 16.5. The molecule has 0 fully saturated rings. The van der Waals surface area contributed by atoms with Gasteiger partial charge in [0.05, 0.1) is 19.0 Å². The van der Waals surface area contributed by atoms with Crippen molar-refractivity contribution in [1.82, 2.24) is 0 Å². The number of aliphatic hydroxyl groups is 1. The number of rotatable bonds is 12. The molecule has 0 aliphatic carbocycles. The van der Waals surface area contributed by atoms with E-state index in [-0.39, 0.29) is 31.4 Å².